The molecule has 0 aliphatic rings. The lowest BCUT2D eigenvalue weighted by molar-refractivity contribution is -0.143. The Bertz CT molecular complexity index is 825. The molecule has 0 saturated carbocycles. The number of nitrogens with zero attached hydrogens (tertiary/aromatic N) is 1. The zero-order valence-corrected chi connectivity index (χ0v) is 15.7. The van der Waals surface area contributed by atoms with Gasteiger partial charge in [-0.1, -0.05) is 17.7 Å². The lowest BCUT2D eigenvalue weighted by Gasteiger charge is -2.11. The van der Waals surface area contributed by atoms with Crippen LogP contribution in [-0.2, 0) is 9.63 Å². The van der Waals surface area contributed by atoms with Gasteiger partial charge in [0.25, 0.3) is 0 Å². The molecule has 0 amide bonds. The van der Waals surface area contributed by atoms with Gasteiger partial charge in [-0.3, -0.25) is 5.43 Å². The van der Waals surface area contributed by atoms with E-state index in [0.29, 0.717) is 17.2 Å². The molecule has 4 N–H and O–H groups in total. The topological polar surface area (TPSA) is 107 Å². The molecule has 8 nitrogen and oxygen atoms in total. The van der Waals surface area contributed by atoms with Gasteiger partial charge in [0, 0.05) is 0 Å². The Morgan fingerprint density at radius 3 is 2.63 bits per heavy atom. The molecule has 2 rings (SSSR count). The molecular weight excluding hydrogens is 368 g/mol. The fourth-order valence-corrected chi connectivity index (χ4v) is 2.01. The maximum atomic E-state index is 11.8. The average Bonchev–Trinajstić information content (AvgIpc) is 2.66. The first kappa shape index (κ1) is 20.0. The van der Waals surface area contributed by atoms with Crippen LogP contribution in [0, 0.1) is 6.92 Å². The summed E-state index contributed by atoms with van der Waals surface area (Å²) in [5.41, 5.74) is 12.8. The van der Waals surface area contributed by atoms with E-state index >= 15 is 0 Å². The van der Waals surface area contributed by atoms with Crippen molar-refractivity contribution in [3.8, 4) is 11.5 Å². The molecule has 2 aromatic rings. The lowest BCUT2D eigenvalue weighted by Crippen LogP contribution is -2.23. The van der Waals surface area contributed by atoms with Crippen molar-refractivity contribution in [3.05, 3.63) is 53.6 Å². The summed E-state index contributed by atoms with van der Waals surface area (Å²) in [6.45, 7) is 1.68. The number of hydrogen-bond acceptors (Lipinski definition) is 7. The van der Waals surface area contributed by atoms with Gasteiger partial charge in [-0.15, -0.1) is 0 Å². The van der Waals surface area contributed by atoms with E-state index in [1.165, 1.54) is 13.3 Å². The SMILES string of the molecule is COc1cc(C=NNC(N)=S)ccc1OCC(=O)ONc1ccc(C)cc1. The number of ether oxygens (including phenoxy) is 2. The Kier molecular flexibility index (Phi) is 7.38. The third-order valence-corrected chi connectivity index (χ3v) is 3.35. The van der Waals surface area contributed by atoms with Crippen molar-refractivity contribution < 1.29 is 19.1 Å². The predicted molar refractivity (Wildman–Crippen MR) is 107 cm³/mol. The summed E-state index contributed by atoms with van der Waals surface area (Å²) < 4.78 is 10.7. The Morgan fingerprint density at radius 1 is 1.22 bits per heavy atom. The fourth-order valence-electron chi connectivity index (χ4n) is 1.96. The number of carbonyl (C=O) groups excluding carboxylic acids is 1. The van der Waals surface area contributed by atoms with Gasteiger partial charge < -0.3 is 20.0 Å². The molecule has 0 saturated heterocycles. The number of thiocarbonyl (C=S) groups is 1. The summed E-state index contributed by atoms with van der Waals surface area (Å²) in [7, 11) is 1.49. The largest absolute Gasteiger partial charge is 0.493 e. The molecule has 0 aliphatic carbocycles. The summed E-state index contributed by atoms with van der Waals surface area (Å²) in [5, 5.41) is 3.92. The number of anilines is 1. The number of hydrazone groups is 1. The van der Waals surface area contributed by atoms with Crippen molar-refractivity contribution in [1.82, 2.24) is 5.43 Å². The van der Waals surface area contributed by atoms with E-state index < -0.39 is 5.97 Å². The fraction of sp³-hybridized carbons (Fsp3) is 0.167. The monoisotopic (exact) mass is 388 g/mol. The predicted octanol–water partition coefficient (Wildman–Crippen LogP) is 2.12. The second-order valence-corrected chi connectivity index (χ2v) is 5.82. The number of hydrogen-bond donors (Lipinski definition) is 3. The minimum atomic E-state index is -0.580. The summed E-state index contributed by atoms with van der Waals surface area (Å²) >= 11 is 4.66. The summed E-state index contributed by atoms with van der Waals surface area (Å²) in [6.07, 6.45) is 1.52. The quantitative estimate of drug-likeness (QED) is 0.359. The van der Waals surface area contributed by atoms with Crippen LogP contribution in [0.25, 0.3) is 0 Å². The summed E-state index contributed by atoms with van der Waals surface area (Å²) in [5.74, 6) is 0.252. The molecule has 0 fully saturated rings. The number of benzene rings is 2. The van der Waals surface area contributed by atoms with Gasteiger partial charge in [0.05, 0.1) is 19.0 Å². The van der Waals surface area contributed by atoms with Crippen molar-refractivity contribution in [2.45, 2.75) is 6.92 Å². The van der Waals surface area contributed by atoms with E-state index in [1.807, 2.05) is 19.1 Å². The maximum Gasteiger partial charge on any atom is 0.369 e. The molecule has 0 heterocycles. The molecule has 9 heteroatoms. The molecule has 0 aliphatic heterocycles. The van der Waals surface area contributed by atoms with Gasteiger partial charge in [0.1, 0.15) is 0 Å². The van der Waals surface area contributed by atoms with Gasteiger partial charge in [-0.2, -0.15) is 5.10 Å². The first-order valence-electron chi connectivity index (χ1n) is 7.89. The van der Waals surface area contributed by atoms with Crippen LogP contribution >= 0.6 is 12.2 Å². The minimum Gasteiger partial charge on any atom is -0.493 e. The molecule has 27 heavy (non-hydrogen) atoms. The third-order valence-electron chi connectivity index (χ3n) is 3.26. The number of nitrogens with one attached hydrogen (secondary N) is 2. The average molecular weight is 388 g/mol. The van der Waals surface area contributed by atoms with Gasteiger partial charge in [0.2, 0.25) is 0 Å². The highest BCUT2D eigenvalue weighted by molar-refractivity contribution is 7.80. The molecule has 0 aromatic heterocycles. The van der Waals surface area contributed by atoms with E-state index in [2.05, 4.69) is 28.2 Å². The summed E-state index contributed by atoms with van der Waals surface area (Å²) in [6, 6.07) is 12.5. The van der Waals surface area contributed by atoms with E-state index in [-0.39, 0.29) is 11.7 Å². The van der Waals surface area contributed by atoms with Gasteiger partial charge in [-0.05, 0) is 55.0 Å². The van der Waals surface area contributed by atoms with Gasteiger partial charge in [-0.25, -0.2) is 10.3 Å². The Morgan fingerprint density at radius 2 is 1.96 bits per heavy atom. The smallest absolute Gasteiger partial charge is 0.369 e. The number of methoxy groups -OCH3 is 1. The maximum absolute atomic E-state index is 11.8. The van der Waals surface area contributed by atoms with Crippen molar-refractivity contribution >= 4 is 35.2 Å². The normalized spacial score (nSPS) is 10.3. The number of nitrogens with two attached hydrogens (primary N) is 1. The number of aryl methyl sites for hydroxylation is 1. The molecule has 142 valence electrons. The van der Waals surface area contributed by atoms with E-state index in [0.717, 1.165) is 11.1 Å². The second-order valence-electron chi connectivity index (χ2n) is 5.38. The van der Waals surface area contributed by atoms with Crippen LogP contribution in [0.4, 0.5) is 5.69 Å². The number of carbonyl (C=O) groups is 1. The zero-order chi connectivity index (χ0) is 19.6. The first-order valence-corrected chi connectivity index (χ1v) is 8.30. The molecule has 0 unspecified atom stereocenters. The zero-order valence-electron chi connectivity index (χ0n) is 14.9. The molecule has 0 atom stereocenters. The van der Waals surface area contributed by atoms with Crippen LogP contribution < -0.4 is 26.1 Å². The second kappa shape index (κ2) is 9.97. The van der Waals surface area contributed by atoms with Gasteiger partial charge >= 0.3 is 5.97 Å². The van der Waals surface area contributed by atoms with Gasteiger partial charge in [0.15, 0.2) is 23.2 Å². The Labute approximate surface area is 162 Å². The van der Waals surface area contributed by atoms with Crippen molar-refractivity contribution in [2.24, 2.45) is 10.8 Å². The van der Waals surface area contributed by atoms with Crippen LogP contribution in [0.2, 0.25) is 0 Å². The summed E-state index contributed by atoms with van der Waals surface area (Å²) in [4.78, 5) is 16.8. The lowest BCUT2D eigenvalue weighted by atomic mass is 10.2. The molecule has 0 spiro atoms. The molecular formula is C18H20N4O4S. The Balaban J connectivity index is 1.88. The van der Waals surface area contributed by atoms with Crippen LogP contribution in [0.15, 0.2) is 47.6 Å². The van der Waals surface area contributed by atoms with Crippen molar-refractivity contribution in [2.75, 3.05) is 19.2 Å². The van der Waals surface area contributed by atoms with E-state index in [4.69, 9.17) is 20.0 Å². The van der Waals surface area contributed by atoms with Crippen LogP contribution in [0.5, 0.6) is 11.5 Å². The van der Waals surface area contributed by atoms with Crippen LogP contribution in [0.1, 0.15) is 11.1 Å². The highest BCUT2D eigenvalue weighted by Crippen LogP contribution is 2.27. The first-order chi connectivity index (χ1) is 13.0. The highest BCUT2D eigenvalue weighted by atomic mass is 32.1. The van der Waals surface area contributed by atoms with E-state index in [1.54, 1.807) is 30.3 Å². The molecule has 2 aromatic carbocycles. The molecule has 0 radical (unpaired) electrons. The van der Waals surface area contributed by atoms with Crippen LogP contribution in [0.3, 0.4) is 0 Å². The highest BCUT2D eigenvalue weighted by Gasteiger charge is 2.10. The minimum absolute atomic E-state index is 0.0657. The Hall–Kier alpha value is -3.33. The van der Waals surface area contributed by atoms with Crippen molar-refractivity contribution in [3.63, 3.8) is 0 Å². The standard InChI is InChI=1S/C18H20N4O4S/c1-12-3-6-14(7-4-12)22-26-17(23)11-25-15-8-5-13(9-16(15)24-2)10-20-21-18(19)27/h3-10,22H,11H2,1-2H3,(H3,19,21,27). The van der Waals surface area contributed by atoms with E-state index in [9.17, 15) is 4.79 Å². The molecule has 0 bridgehead atoms. The van der Waals surface area contributed by atoms with Crippen molar-refractivity contribution in [1.29, 1.82) is 0 Å². The number of rotatable bonds is 8. The van der Waals surface area contributed by atoms with Crippen LogP contribution in [-0.4, -0.2) is 31.0 Å². The third kappa shape index (κ3) is 6.83.